The molecule has 1 atom stereocenters. The van der Waals surface area contributed by atoms with Crippen molar-refractivity contribution < 1.29 is 5.11 Å². The molecule has 0 spiro atoms. The van der Waals surface area contributed by atoms with E-state index in [1.54, 1.807) is 0 Å². The van der Waals surface area contributed by atoms with E-state index in [0.717, 1.165) is 23.3 Å². The quantitative estimate of drug-likeness (QED) is 0.372. The Morgan fingerprint density at radius 2 is 2.04 bits per heavy atom. The number of aromatic nitrogens is 3. The first-order valence-corrected chi connectivity index (χ1v) is 10.8. The van der Waals surface area contributed by atoms with E-state index in [2.05, 4.69) is 34.1 Å². The van der Waals surface area contributed by atoms with Crippen LogP contribution in [0.25, 0.3) is 10.3 Å². The zero-order valence-corrected chi connectivity index (χ0v) is 17.4. The number of anilines is 1. The van der Waals surface area contributed by atoms with Gasteiger partial charge in [0, 0.05) is 10.8 Å². The molecule has 0 saturated heterocycles. The van der Waals surface area contributed by atoms with Gasteiger partial charge < -0.3 is 10.4 Å². The fourth-order valence-corrected chi connectivity index (χ4v) is 4.31. The second-order valence-corrected chi connectivity index (χ2v) is 8.98. The lowest BCUT2D eigenvalue weighted by Crippen LogP contribution is -2.26. The van der Waals surface area contributed by atoms with Crippen LogP contribution in [-0.4, -0.2) is 32.7 Å². The maximum absolute atomic E-state index is 11.8. The van der Waals surface area contributed by atoms with Crippen LogP contribution in [0.15, 0.2) is 34.2 Å². The van der Waals surface area contributed by atoms with E-state index in [1.807, 2.05) is 24.3 Å². The molecule has 0 aliphatic heterocycles. The highest BCUT2D eigenvalue weighted by Gasteiger charge is 2.16. The molecule has 0 radical (unpaired) electrons. The van der Waals surface area contributed by atoms with Gasteiger partial charge in [0.1, 0.15) is 4.70 Å². The highest BCUT2D eigenvalue weighted by Crippen LogP contribution is 2.28. The molecular formula is C18H21ClN4O2S2. The summed E-state index contributed by atoms with van der Waals surface area (Å²) in [7, 11) is 0. The molecule has 27 heavy (non-hydrogen) atoms. The Hall–Kier alpha value is -1.61. The zero-order chi connectivity index (χ0) is 19.4. The first-order chi connectivity index (χ1) is 12.9. The normalized spacial score (nSPS) is 12.6. The number of nitrogens with one attached hydrogen (secondary N) is 2. The second kappa shape index (κ2) is 9.05. The number of aliphatic hydroxyl groups excluding tert-OH is 1. The number of thioether (sulfide) groups is 1. The maximum atomic E-state index is 11.8. The number of nitrogens with zero attached hydrogens (tertiary/aromatic N) is 2. The fraction of sp³-hybridized carbons (Fsp3) is 0.389. The number of rotatable bonds is 8. The lowest BCUT2D eigenvalue weighted by molar-refractivity contribution is 0.259. The van der Waals surface area contributed by atoms with Crippen molar-refractivity contribution in [2.24, 2.45) is 5.92 Å². The van der Waals surface area contributed by atoms with Crippen LogP contribution in [0.5, 0.6) is 0 Å². The third-order valence-corrected chi connectivity index (χ3v) is 5.91. The largest absolute Gasteiger partial charge is 0.394 e. The summed E-state index contributed by atoms with van der Waals surface area (Å²) in [4.78, 5) is 23.4. The minimum Gasteiger partial charge on any atom is -0.394 e. The molecule has 0 aliphatic rings. The summed E-state index contributed by atoms with van der Waals surface area (Å²) < 4.78 is 0.679. The van der Waals surface area contributed by atoms with Crippen molar-refractivity contribution in [2.75, 3.05) is 11.9 Å². The molecule has 0 unspecified atom stereocenters. The van der Waals surface area contributed by atoms with Crippen LogP contribution in [0.3, 0.4) is 0 Å². The third kappa shape index (κ3) is 5.44. The third-order valence-electron chi connectivity index (χ3n) is 3.86. The Morgan fingerprint density at radius 3 is 2.70 bits per heavy atom. The summed E-state index contributed by atoms with van der Waals surface area (Å²) in [6.07, 6.45) is 0.800. The highest BCUT2D eigenvalue weighted by atomic mass is 35.5. The number of hydrogen-bond acceptors (Lipinski definition) is 7. The lowest BCUT2D eigenvalue weighted by Gasteiger charge is -2.19. The number of hydrogen-bond donors (Lipinski definition) is 3. The van der Waals surface area contributed by atoms with Crippen molar-refractivity contribution in [1.82, 2.24) is 15.0 Å². The topological polar surface area (TPSA) is 90.9 Å². The molecule has 6 nitrogen and oxygen atoms in total. The molecule has 0 saturated carbocycles. The van der Waals surface area contributed by atoms with Crippen LogP contribution in [0.2, 0.25) is 5.02 Å². The summed E-state index contributed by atoms with van der Waals surface area (Å²) >= 11 is 8.47. The van der Waals surface area contributed by atoms with Crippen LogP contribution in [0.1, 0.15) is 25.8 Å². The lowest BCUT2D eigenvalue weighted by atomic mass is 10.0. The Labute approximate surface area is 170 Å². The maximum Gasteiger partial charge on any atom is 0.306 e. The van der Waals surface area contributed by atoms with Crippen molar-refractivity contribution in [3.8, 4) is 0 Å². The average Bonchev–Trinajstić information content (AvgIpc) is 3.00. The van der Waals surface area contributed by atoms with E-state index in [0.29, 0.717) is 38.0 Å². The highest BCUT2D eigenvalue weighted by molar-refractivity contribution is 7.98. The minimum atomic E-state index is -0.174. The molecule has 0 amide bonds. The molecule has 2 aromatic heterocycles. The van der Waals surface area contributed by atoms with Gasteiger partial charge in [-0.25, -0.2) is 9.97 Å². The predicted octanol–water partition coefficient (Wildman–Crippen LogP) is 4.14. The molecule has 1 aromatic carbocycles. The van der Waals surface area contributed by atoms with Gasteiger partial charge in [-0.15, -0.1) is 0 Å². The van der Waals surface area contributed by atoms with Crippen LogP contribution in [0, 0.1) is 5.92 Å². The van der Waals surface area contributed by atoms with Crippen LogP contribution in [-0.2, 0) is 5.75 Å². The van der Waals surface area contributed by atoms with Gasteiger partial charge in [0.25, 0.3) is 0 Å². The van der Waals surface area contributed by atoms with Gasteiger partial charge in [-0.2, -0.15) is 0 Å². The van der Waals surface area contributed by atoms with Gasteiger partial charge in [0.15, 0.2) is 16.6 Å². The van der Waals surface area contributed by atoms with Gasteiger partial charge >= 0.3 is 4.87 Å². The molecule has 0 aliphatic carbocycles. The number of thiazole rings is 1. The zero-order valence-electron chi connectivity index (χ0n) is 15.0. The monoisotopic (exact) mass is 424 g/mol. The molecule has 3 aromatic rings. The van der Waals surface area contributed by atoms with Gasteiger partial charge in [0.2, 0.25) is 0 Å². The van der Waals surface area contributed by atoms with E-state index in [4.69, 9.17) is 11.6 Å². The van der Waals surface area contributed by atoms with E-state index in [-0.39, 0.29) is 17.5 Å². The molecule has 0 fully saturated rings. The van der Waals surface area contributed by atoms with Crippen molar-refractivity contribution >= 4 is 50.9 Å². The van der Waals surface area contributed by atoms with Gasteiger partial charge in [-0.05, 0) is 30.0 Å². The summed E-state index contributed by atoms with van der Waals surface area (Å²) in [5.74, 6) is 1.70. The second-order valence-electron chi connectivity index (χ2n) is 6.62. The van der Waals surface area contributed by atoms with E-state index >= 15 is 0 Å². The predicted molar refractivity (Wildman–Crippen MR) is 113 cm³/mol. The number of aliphatic hydroxyl groups is 1. The molecule has 3 N–H and O–H groups in total. The van der Waals surface area contributed by atoms with E-state index < -0.39 is 0 Å². The van der Waals surface area contributed by atoms with Crippen molar-refractivity contribution in [1.29, 1.82) is 0 Å². The van der Waals surface area contributed by atoms with Gasteiger partial charge in [-0.3, -0.25) is 9.78 Å². The Bertz CT molecular complexity index is 956. The molecule has 0 bridgehead atoms. The molecular weight excluding hydrogens is 404 g/mol. The average molecular weight is 425 g/mol. The van der Waals surface area contributed by atoms with Crippen LogP contribution >= 0.6 is 34.7 Å². The number of benzene rings is 1. The first kappa shape index (κ1) is 20.1. The summed E-state index contributed by atoms with van der Waals surface area (Å²) in [6, 6.07) is 7.49. The van der Waals surface area contributed by atoms with E-state index in [9.17, 15) is 9.90 Å². The molecule has 9 heteroatoms. The number of halogens is 1. The van der Waals surface area contributed by atoms with Gasteiger partial charge in [0.05, 0.1) is 12.6 Å². The van der Waals surface area contributed by atoms with Crippen molar-refractivity contribution in [2.45, 2.75) is 37.2 Å². The number of H-pyrrole nitrogens is 1. The molecule has 2 heterocycles. The van der Waals surface area contributed by atoms with Gasteiger partial charge in [-0.1, -0.05) is 60.7 Å². The SMILES string of the molecule is CC(C)C[C@H](CO)Nc1nc(SCc2ccc(Cl)cc2)nc2[nH]c(=O)sc12. The summed E-state index contributed by atoms with van der Waals surface area (Å²) in [5, 5.41) is 14.2. The summed E-state index contributed by atoms with van der Waals surface area (Å²) in [5.41, 5.74) is 1.62. The van der Waals surface area contributed by atoms with Crippen molar-refractivity contribution in [3.63, 3.8) is 0 Å². The Kier molecular flexibility index (Phi) is 6.75. The number of fused-ring (bicyclic) bond motifs is 1. The summed E-state index contributed by atoms with van der Waals surface area (Å²) in [6.45, 7) is 4.19. The molecule has 144 valence electrons. The fourth-order valence-electron chi connectivity index (χ4n) is 2.66. The number of aromatic amines is 1. The minimum absolute atomic E-state index is 0.00372. The smallest absolute Gasteiger partial charge is 0.306 e. The Morgan fingerprint density at radius 1 is 1.30 bits per heavy atom. The van der Waals surface area contributed by atoms with Crippen LogP contribution < -0.4 is 10.2 Å². The van der Waals surface area contributed by atoms with E-state index in [1.165, 1.54) is 11.8 Å². The van der Waals surface area contributed by atoms with Crippen LogP contribution in [0.4, 0.5) is 5.82 Å². The Balaban J connectivity index is 1.85. The first-order valence-electron chi connectivity index (χ1n) is 8.60. The molecule has 3 rings (SSSR count). The standard InChI is InChI=1S/C18H21ClN4O2S2/c1-10(2)7-13(8-24)20-15-14-16(23-18(25)27-14)22-17(21-15)26-9-11-3-5-12(19)6-4-11/h3-6,10,13,24H,7-9H2,1-2H3,(H2,20,21,22,23,25)/t13-/m1/s1. The van der Waals surface area contributed by atoms with Crippen molar-refractivity contribution in [3.05, 3.63) is 44.5 Å².